The summed E-state index contributed by atoms with van der Waals surface area (Å²) in [5.41, 5.74) is 7.55. The van der Waals surface area contributed by atoms with Gasteiger partial charge in [-0.15, -0.1) is 0 Å². The van der Waals surface area contributed by atoms with Gasteiger partial charge >= 0.3 is 0 Å². The minimum absolute atomic E-state index is 0.0326. The van der Waals surface area contributed by atoms with E-state index < -0.39 is 6.10 Å². The van der Waals surface area contributed by atoms with E-state index in [4.69, 9.17) is 0 Å². The first-order valence-electron chi connectivity index (χ1n) is 8.87. The van der Waals surface area contributed by atoms with E-state index in [1.54, 1.807) is 6.92 Å². The summed E-state index contributed by atoms with van der Waals surface area (Å²) in [5, 5.41) is 16.2. The smallest absolute Gasteiger partial charge is 0.238 e. The molecule has 6 heteroatoms. The van der Waals surface area contributed by atoms with Crippen LogP contribution < -0.4 is 21.5 Å². The Balaban J connectivity index is 1.59. The van der Waals surface area contributed by atoms with Crippen molar-refractivity contribution in [2.24, 2.45) is 5.92 Å². The fraction of sp³-hybridized carbons (Fsp3) is 0.611. The van der Waals surface area contributed by atoms with Crippen LogP contribution in [0.15, 0.2) is 30.3 Å². The maximum Gasteiger partial charge on any atom is 0.238 e. The maximum atomic E-state index is 12.6. The van der Waals surface area contributed by atoms with Crippen LogP contribution in [0.1, 0.15) is 31.2 Å². The normalized spacial score (nSPS) is 28.8. The number of carbonyl (C=O) groups excluding carboxylic acids is 1. The zero-order valence-corrected chi connectivity index (χ0v) is 14.2. The molecule has 2 aliphatic rings. The van der Waals surface area contributed by atoms with Crippen LogP contribution in [0, 0.1) is 5.92 Å². The average Bonchev–Trinajstić information content (AvgIpc) is 3.03. The van der Waals surface area contributed by atoms with Crippen molar-refractivity contribution in [2.75, 3.05) is 19.6 Å². The monoisotopic (exact) mass is 332 g/mol. The van der Waals surface area contributed by atoms with Gasteiger partial charge in [0.15, 0.2) is 0 Å². The van der Waals surface area contributed by atoms with Crippen LogP contribution in [0.2, 0.25) is 0 Å². The summed E-state index contributed by atoms with van der Waals surface area (Å²) in [6.45, 7) is 4.18. The van der Waals surface area contributed by atoms with Gasteiger partial charge in [0.2, 0.25) is 5.91 Å². The van der Waals surface area contributed by atoms with Gasteiger partial charge in [0.1, 0.15) is 6.04 Å². The van der Waals surface area contributed by atoms with Crippen LogP contribution >= 0.6 is 0 Å². The molecule has 0 aliphatic carbocycles. The number of hydrazine groups is 1. The van der Waals surface area contributed by atoms with Gasteiger partial charge in [-0.2, -0.15) is 0 Å². The third kappa shape index (κ3) is 4.13. The first-order chi connectivity index (χ1) is 11.6. The second-order valence-corrected chi connectivity index (χ2v) is 6.97. The number of hydrogen-bond acceptors (Lipinski definition) is 5. The molecule has 5 unspecified atom stereocenters. The number of fused-ring (bicyclic) bond motifs is 1. The number of benzene rings is 1. The second-order valence-electron chi connectivity index (χ2n) is 6.97. The van der Waals surface area contributed by atoms with Crippen molar-refractivity contribution < 1.29 is 9.90 Å². The highest BCUT2D eigenvalue weighted by Gasteiger charge is 2.41. The molecule has 3 rings (SSSR count). The highest BCUT2D eigenvalue weighted by atomic mass is 16.3. The van der Waals surface area contributed by atoms with E-state index >= 15 is 0 Å². The van der Waals surface area contributed by atoms with Crippen molar-refractivity contribution in [3.8, 4) is 0 Å². The molecule has 24 heavy (non-hydrogen) atoms. The summed E-state index contributed by atoms with van der Waals surface area (Å²) in [5.74, 6) is 0.431. The fourth-order valence-electron chi connectivity index (χ4n) is 3.78. The Morgan fingerprint density at radius 3 is 2.88 bits per heavy atom. The zero-order chi connectivity index (χ0) is 16.9. The van der Waals surface area contributed by atoms with Gasteiger partial charge in [-0.25, -0.2) is 5.43 Å². The third-order valence-electron chi connectivity index (χ3n) is 5.08. The van der Waals surface area contributed by atoms with Crippen LogP contribution in [0.4, 0.5) is 0 Å². The Hall–Kier alpha value is -1.47. The van der Waals surface area contributed by atoms with E-state index in [9.17, 15) is 9.90 Å². The lowest BCUT2D eigenvalue weighted by molar-refractivity contribution is -0.124. The molecular formula is C18H28N4O2. The maximum absolute atomic E-state index is 12.6. The lowest BCUT2D eigenvalue weighted by Crippen LogP contribution is -2.49. The molecule has 2 aliphatic heterocycles. The van der Waals surface area contributed by atoms with E-state index in [1.165, 1.54) is 0 Å². The molecule has 0 aromatic heterocycles. The molecule has 2 fully saturated rings. The van der Waals surface area contributed by atoms with E-state index in [1.807, 2.05) is 18.2 Å². The van der Waals surface area contributed by atoms with Crippen LogP contribution in [0.25, 0.3) is 0 Å². The zero-order valence-electron chi connectivity index (χ0n) is 14.2. The molecule has 2 saturated heterocycles. The van der Waals surface area contributed by atoms with Gasteiger partial charge < -0.3 is 15.7 Å². The van der Waals surface area contributed by atoms with Crippen molar-refractivity contribution in [1.82, 2.24) is 21.5 Å². The molecule has 6 nitrogen and oxygen atoms in total. The highest BCUT2D eigenvalue weighted by molar-refractivity contribution is 5.82. The van der Waals surface area contributed by atoms with Gasteiger partial charge in [-0.1, -0.05) is 30.3 Å². The number of rotatable bonds is 6. The van der Waals surface area contributed by atoms with Gasteiger partial charge in [0, 0.05) is 31.0 Å². The minimum Gasteiger partial charge on any atom is -0.393 e. The number of amides is 1. The Bertz CT molecular complexity index is 537. The first kappa shape index (κ1) is 17.4. The summed E-state index contributed by atoms with van der Waals surface area (Å²) < 4.78 is 0. The van der Waals surface area contributed by atoms with Gasteiger partial charge in [-0.05, 0) is 31.9 Å². The Labute approximate surface area is 143 Å². The lowest BCUT2D eigenvalue weighted by atomic mass is 9.88. The largest absolute Gasteiger partial charge is 0.393 e. The molecule has 0 bridgehead atoms. The SMILES string of the molecule is CC(O)CC(CNC(=O)C1NNC2CCNCC21)c1ccccc1. The molecular weight excluding hydrogens is 304 g/mol. The summed E-state index contributed by atoms with van der Waals surface area (Å²) in [6, 6.07) is 10.2. The van der Waals surface area contributed by atoms with Crippen LogP contribution in [-0.4, -0.2) is 48.8 Å². The minimum atomic E-state index is -0.398. The molecule has 1 amide bonds. The number of aliphatic hydroxyl groups excluding tert-OH is 1. The molecule has 132 valence electrons. The van der Waals surface area contributed by atoms with E-state index in [0.29, 0.717) is 19.0 Å². The molecule has 1 aromatic rings. The lowest BCUT2D eigenvalue weighted by Gasteiger charge is -2.28. The van der Waals surface area contributed by atoms with E-state index in [0.717, 1.165) is 25.1 Å². The molecule has 0 spiro atoms. The van der Waals surface area contributed by atoms with Crippen LogP contribution in [0.5, 0.6) is 0 Å². The third-order valence-corrected chi connectivity index (χ3v) is 5.08. The predicted molar refractivity (Wildman–Crippen MR) is 93.3 cm³/mol. The molecule has 5 atom stereocenters. The summed E-state index contributed by atoms with van der Waals surface area (Å²) >= 11 is 0. The highest BCUT2D eigenvalue weighted by Crippen LogP contribution is 2.22. The van der Waals surface area contributed by atoms with Crippen LogP contribution in [0.3, 0.4) is 0 Å². The van der Waals surface area contributed by atoms with Crippen molar-refractivity contribution in [3.63, 3.8) is 0 Å². The molecule has 5 N–H and O–H groups in total. The number of piperidine rings is 1. The topological polar surface area (TPSA) is 85.4 Å². The fourth-order valence-corrected chi connectivity index (χ4v) is 3.78. The van der Waals surface area contributed by atoms with Crippen LogP contribution in [-0.2, 0) is 4.79 Å². The number of nitrogens with one attached hydrogen (secondary N) is 4. The standard InChI is InChI=1S/C18H28N4O2/c1-12(23)9-14(13-5-3-2-4-6-13)10-20-18(24)17-15-11-19-8-7-16(15)21-22-17/h2-6,12,14-17,19,21-23H,7-11H2,1H3,(H,20,24). The first-order valence-corrected chi connectivity index (χ1v) is 8.87. The number of aliphatic hydroxyl groups is 1. The second kappa shape index (κ2) is 8.07. The average molecular weight is 332 g/mol. The quantitative estimate of drug-likeness (QED) is 0.511. The Kier molecular flexibility index (Phi) is 5.84. The molecule has 1 aromatic carbocycles. The summed E-state index contributed by atoms with van der Waals surface area (Å²) in [6.07, 6.45) is 1.27. The summed E-state index contributed by atoms with van der Waals surface area (Å²) in [7, 11) is 0. The molecule has 0 radical (unpaired) electrons. The Morgan fingerprint density at radius 2 is 2.12 bits per heavy atom. The number of hydrogen-bond donors (Lipinski definition) is 5. The van der Waals surface area contributed by atoms with Crippen molar-refractivity contribution in [1.29, 1.82) is 0 Å². The van der Waals surface area contributed by atoms with E-state index in [-0.39, 0.29) is 23.8 Å². The van der Waals surface area contributed by atoms with Gasteiger partial charge in [0.05, 0.1) is 6.10 Å². The van der Waals surface area contributed by atoms with Crippen molar-refractivity contribution in [3.05, 3.63) is 35.9 Å². The van der Waals surface area contributed by atoms with Crippen molar-refractivity contribution in [2.45, 2.75) is 43.9 Å². The van der Waals surface area contributed by atoms with Gasteiger partial charge in [0.25, 0.3) is 0 Å². The predicted octanol–water partition coefficient (Wildman–Crippen LogP) is 0.112. The number of carbonyl (C=O) groups is 1. The molecule has 2 heterocycles. The van der Waals surface area contributed by atoms with Gasteiger partial charge in [-0.3, -0.25) is 10.2 Å². The summed E-state index contributed by atoms with van der Waals surface area (Å²) in [4.78, 5) is 12.6. The molecule has 0 saturated carbocycles. The van der Waals surface area contributed by atoms with Crippen molar-refractivity contribution >= 4 is 5.91 Å². The van der Waals surface area contributed by atoms with E-state index in [2.05, 4.69) is 33.6 Å². The Morgan fingerprint density at radius 1 is 1.33 bits per heavy atom.